The Kier molecular flexibility index (Phi) is 9.06. The van der Waals surface area contributed by atoms with Crippen LogP contribution in [-0.2, 0) is 23.9 Å². The Labute approximate surface area is 179 Å². The lowest BCUT2D eigenvalue weighted by Crippen LogP contribution is -2.58. The van der Waals surface area contributed by atoms with Crippen LogP contribution in [0, 0.1) is 11.8 Å². The van der Waals surface area contributed by atoms with E-state index in [2.05, 4.69) is 17.2 Å². The standard InChI is InChI=1S/C22H37N3O5/c1-9-16(26)23-17(13(2)3)19(27)24-18(14(4)5)20(28)25-12-10-11-15(25)21(29)30-22(6,7)8/h9,13-15,17-18H,1,10-12H2,2-8H3,(H,23,26)(H,24,27)/t15-,17-,18-/m0/s1. The van der Waals surface area contributed by atoms with E-state index in [1.54, 1.807) is 34.6 Å². The van der Waals surface area contributed by atoms with Crippen LogP contribution < -0.4 is 10.6 Å². The smallest absolute Gasteiger partial charge is 0.329 e. The van der Waals surface area contributed by atoms with Gasteiger partial charge in [0.25, 0.3) is 0 Å². The highest BCUT2D eigenvalue weighted by molar-refractivity contribution is 5.95. The van der Waals surface area contributed by atoms with Gasteiger partial charge in [-0.2, -0.15) is 0 Å². The summed E-state index contributed by atoms with van der Waals surface area (Å²) in [5.41, 5.74) is -0.645. The van der Waals surface area contributed by atoms with Crippen molar-refractivity contribution in [1.29, 1.82) is 0 Å². The summed E-state index contributed by atoms with van der Waals surface area (Å²) in [6.45, 7) is 16.5. The zero-order valence-corrected chi connectivity index (χ0v) is 19.3. The molecular formula is C22H37N3O5. The van der Waals surface area contributed by atoms with Crippen LogP contribution in [0.1, 0.15) is 61.3 Å². The van der Waals surface area contributed by atoms with Crippen molar-refractivity contribution in [3.8, 4) is 0 Å². The maximum Gasteiger partial charge on any atom is 0.329 e. The summed E-state index contributed by atoms with van der Waals surface area (Å²) in [5, 5.41) is 5.38. The van der Waals surface area contributed by atoms with E-state index in [1.807, 2.05) is 13.8 Å². The van der Waals surface area contributed by atoms with Crippen LogP contribution in [-0.4, -0.2) is 58.9 Å². The van der Waals surface area contributed by atoms with Gasteiger partial charge < -0.3 is 20.3 Å². The Balaban J connectivity index is 2.99. The fourth-order valence-electron chi connectivity index (χ4n) is 3.33. The van der Waals surface area contributed by atoms with Gasteiger partial charge in [0.15, 0.2) is 0 Å². The van der Waals surface area contributed by atoms with Gasteiger partial charge in [0.1, 0.15) is 23.7 Å². The van der Waals surface area contributed by atoms with Crippen molar-refractivity contribution in [2.75, 3.05) is 6.54 Å². The lowest BCUT2D eigenvalue weighted by molar-refractivity contribution is -0.163. The summed E-state index contributed by atoms with van der Waals surface area (Å²) >= 11 is 0. The van der Waals surface area contributed by atoms with E-state index in [-0.39, 0.29) is 17.7 Å². The number of amides is 3. The molecule has 1 heterocycles. The molecule has 0 aromatic heterocycles. The van der Waals surface area contributed by atoms with Crippen molar-refractivity contribution in [1.82, 2.24) is 15.5 Å². The number of nitrogens with zero attached hydrogens (tertiary/aromatic N) is 1. The fraction of sp³-hybridized carbons (Fsp3) is 0.727. The van der Waals surface area contributed by atoms with Gasteiger partial charge in [-0.15, -0.1) is 0 Å². The molecule has 1 saturated heterocycles. The predicted octanol–water partition coefficient (Wildman–Crippen LogP) is 1.79. The molecule has 0 unspecified atom stereocenters. The molecule has 1 aliphatic heterocycles. The first-order valence-corrected chi connectivity index (χ1v) is 10.5. The van der Waals surface area contributed by atoms with E-state index in [1.165, 1.54) is 4.90 Å². The van der Waals surface area contributed by atoms with Gasteiger partial charge in [0, 0.05) is 6.54 Å². The van der Waals surface area contributed by atoms with Gasteiger partial charge >= 0.3 is 5.97 Å². The molecule has 0 saturated carbocycles. The quantitative estimate of drug-likeness (QED) is 0.457. The summed E-state index contributed by atoms with van der Waals surface area (Å²) in [4.78, 5) is 51.9. The average Bonchev–Trinajstić information content (AvgIpc) is 3.11. The number of rotatable bonds is 8. The highest BCUT2D eigenvalue weighted by Gasteiger charge is 2.41. The van der Waals surface area contributed by atoms with Crippen molar-refractivity contribution < 1.29 is 23.9 Å². The van der Waals surface area contributed by atoms with Gasteiger partial charge in [-0.3, -0.25) is 14.4 Å². The molecule has 0 aromatic carbocycles. The molecule has 0 aliphatic carbocycles. The van der Waals surface area contributed by atoms with Crippen LogP contribution in [0.3, 0.4) is 0 Å². The molecule has 0 radical (unpaired) electrons. The molecule has 1 rings (SSSR count). The maximum absolute atomic E-state index is 13.3. The normalized spacial score (nSPS) is 18.7. The number of ether oxygens (including phenoxy) is 1. The van der Waals surface area contributed by atoms with Crippen LogP contribution in [0.2, 0.25) is 0 Å². The molecule has 30 heavy (non-hydrogen) atoms. The monoisotopic (exact) mass is 423 g/mol. The molecule has 3 atom stereocenters. The predicted molar refractivity (Wildman–Crippen MR) is 114 cm³/mol. The molecular weight excluding hydrogens is 386 g/mol. The highest BCUT2D eigenvalue weighted by atomic mass is 16.6. The van der Waals surface area contributed by atoms with Crippen LogP contribution in [0.15, 0.2) is 12.7 Å². The highest BCUT2D eigenvalue weighted by Crippen LogP contribution is 2.23. The minimum Gasteiger partial charge on any atom is -0.458 e. The number of esters is 1. The van der Waals surface area contributed by atoms with Crippen molar-refractivity contribution in [2.24, 2.45) is 11.8 Å². The lowest BCUT2D eigenvalue weighted by Gasteiger charge is -2.32. The molecule has 2 N–H and O–H groups in total. The Morgan fingerprint density at radius 2 is 1.60 bits per heavy atom. The summed E-state index contributed by atoms with van der Waals surface area (Å²) in [6.07, 6.45) is 2.32. The van der Waals surface area contributed by atoms with Crippen LogP contribution in [0.5, 0.6) is 0 Å². The Morgan fingerprint density at radius 1 is 1.03 bits per heavy atom. The summed E-state index contributed by atoms with van der Waals surface area (Å²) in [5.74, 6) is -2.03. The third-order valence-corrected chi connectivity index (χ3v) is 4.88. The van der Waals surface area contributed by atoms with E-state index in [4.69, 9.17) is 4.74 Å². The fourth-order valence-corrected chi connectivity index (χ4v) is 3.33. The minimum atomic E-state index is -0.817. The van der Waals surface area contributed by atoms with Gasteiger partial charge in [-0.25, -0.2) is 4.79 Å². The zero-order valence-electron chi connectivity index (χ0n) is 19.3. The zero-order chi connectivity index (χ0) is 23.2. The Hall–Kier alpha value is -2.38. The maximum atomic E-state index is 13.3. The summed E-state index contributed by atoms with van der Waals surface area (Å²) in [6, 6.07) is -2.27. The molecule has 8 nitrogen and oxygen atoms in total. The van der Waals surface area contributed by atoms with Crippen molar-refractivity contribution in [3.63, 3.8) is 0 Å². The van der Waals surface area contributed by atoms with E-state index < -0.39 is 41.5 Å². The number of nitrogens with one attached hydrogen (secondary N) is 2. The number of likely N-dealkylation sites (tertiary alicyclic amines) is 1. The molecule has 0 aromatic rings. The largest absolute Gasteiger partial charge is 0.458 e. The molecule has 3 amide bonds. The second kappa shape index (κ2) is 10.6. The van der Waals surface area contributed by atoms with Crippen LogP contribution in [0.4, 0.5) is 0 Å². The molecule has 1 aliphatic rings. The van der Waals surface area contributed by atoms with Crippen molar-refractivity contribution in [3.05, 3.63) is 12.7 Å². The topological polar surface area (TPSA) is 105 Å². The average molecular weight is 424 g/mol. The van der Waals surface area contributed by atoms with Crippen LogP contribution in [0.25, 0.3) is 0 Å². The Bertz CT molecular complexity index is 666. The molecule has 1 fully saturated rings. The molecule has 0 bridgehead atoms. The Morgan fingerprint density at radius 3 is 2.07 bits per heavy atom. The first kappa shape index (κ1) is 25.7. The second-order valence-corrected chi connectivity index (χ2v) is 9.39. The lowest BCUT2D eigenvalue weighted by atomic mass is 9.99. The van der Waals surface area contributed by atoms with Gasteiger partial charge in [-0.05, 0) is 51.5 Å². The van der Waals surface area contributed by atoms with Crippen molar-refractivity contribution >= 4 is 23.7 Å². The number of carbonyl (C=O) groups is 4. The van der Waals surface area contributed by atoms with E-state index in [9.17, 15) is 19.2 Å². The summed E-state index contributed by atoms with van der Waals surface area (Å²) in [7, 11) is 0. The minimum absolute atomic E-state index is 0.182. The van der Waals surface area contributed by atoms with Gasteiger partial charge in [0.05, 0.1) is 0 Å². The first-order valence-electron chi connectivity index (χ1n) is 10.5. The first-order chi connectivity index (χ1) is 13.8. The number of carbonyl (C=O) groups excluding carboxylic acids is 4. The molecule has 8 heteroatoms. The summed E-state index contributed by atoms with van der Waals surface area (Å²) < 4.78 is 5.47. The van der Waals surface area contributed by atoms with E-state index in [0.717, 1.165) is 6.08 Å². The SMILES string of the molecule is C=CC(=O)N[C@H](C(=O)N[C@H](C(=O)N1CCC[C@H]1C(=O)OC(C)(C)C)C(C)C)C(C)C. The van der Waals surface area contributed by atoms with Gasteiger partial charge in [0.2, 0.25) is 17.7 Å². The van der Waals surface area contributed by atoms with Gasteiger partial charge in [-0.1, -0.05) is 34.3 Å². The van der Waals surface area contributed by atoms with E-state index >= 15 is 0 Å². The van der Waals surface area contributed by atoms with Crippen LogP contribution >= 0.6 is 0 Å². The molecule has 0 spiro atoms. The van der Waals surface area contributed by atoms with E-state index in [0.29, 0.717) is 19.4 Å². The third kappa shape index (κ3) is 7.15. The number of hydrogen-bond donors (Lipinski definition) is 2. The van der Waals surface area contributed by atoms with Crippen molar-refractivity contribution in [2.45, 2.75) is 85.0 Å². The second-order valence-electron chi connectivity index (χ2n) is 9.39. The molecule has 170 valence electrons. The third-order valence-electron chi connectivity index (χ3n) is 4.88. The number of hydrogen-bond acceptors (Lipinski definition) is 5.